The number of phenolic OH excluding ortho intramolecular Hbond substituents is 1. The predicted octanol–water partition coefficient (Wildman–Crippen LogP) is 5.77. The topological polar surface area (TPSA) is 48.9 Å². The van der Waals surface area contributed by atoms with E-state index in [4.69, 9.17) is 4.98 Å². The maximum Gasteiger partial charge on any atom is 2.00 e. The van der Waals surface area contributed by atoms with Crippen LogP contribution < -0.4 is 0 Å². The fraction of sp³-hybridized carbons (Fsp3) is 0.0385. The molecule has 0 aliphatic heterocycles. The maximum absolute atomic E-state index is 10.2. The number of para-hydroxylation sites is 2. The number of imidazole rings is 1. The Morgan fingerprint density at radius 1 is 0.833 bits per heavy atom. The van der Waals surface area contributed by atoms with Gasteiger partial charge in [0.15, 0.2) is 0 Å². The maximum atomic E-state index is 10.2. The van der Waals surface area contributed by atoms with Gasteiger partial charge in [-0.15, -0.1) is 29.8 Å². The molecule has 0 spiro atoms. The molecule has 1 aliphatic rings. The van der Waals surface area contributed by atoms with E-state index < -0.39 is 0 Å². The van der Waals surface area contributed by atoms with Crippen molar-refractivity contribution in [2.45, 2.75) is 6.42 Å². The molecule has 4 aromatic carbocycles. The summed E-state index contributed by atoms with van der Waals surface area (Å²) < 4.78 is 0. The fourth-order valence-electron chi connectivity index (χ4n) is 4.16. The second-order valence-corrected chi connectivity index (χ2v) is 7.32. The first kappa shape index (κ1) is 18.8. The van der Waals surface area contributed by atoms with Gasteiger partial charge in [0, 0.05) is 0 Å². The summed E-state index contributed by atoms with van der Waals surface area (Å²) in [5.74, 6) is 0.870. The number of hydrogen-bond acceptors (Lipinski definition) is 2. The Labute approximate surface area is 188 Å². The molecule has 2 N–H and O–H groups in total. The Balaban J connectivity index is 0.00000193. The molecule has 0 bridgehead atoms. The van der Waals surface area contributed by atoms with Crippen molar-refractivity contribution in [3.63, 3.8) is 0 Å². The van der Waals surface area contributed by atoms with E-state index >= 15 is 0 Å². The van der Waals surface area contributed by atoms with Crippen molar-refractivity contribution in [3.05, 3.63) is 96.1 Å². The van der Waals surface area contributed by atoms with Crippen molar-refractivity contribution in [3.8, 4) is 39.4 Å². The van der Waals surface area contributed by atoms with Crippen LogP contribution in [0.5, 0.6) is 5.75 Å². The summed E-state index contributed by atoms with van der Waals surface area (Å²) in [6, 6.07) is 30.8. The molecule has 5 aromatic rings. The van der Waals surface area contributed by atoms with Crippen LogP contribution in [0.1, 0.15) is 11.1 Å². The second kappa shape index (κ2) is 7.27. The molecule has 0 unspecified atom stereocenters. The Morgan fingerprint density at radius 2 is 1.67 bits per heavy atom. The number of benzene rings is 4. The molecule has 0 amide bonds. The first-order valence-electron chi connectivity index (χ1n) is 9.60. The molecule has 0 saturated heterocycles. The van der Waals surface area contributed by atoms with Gasteiger partial charge in [0.05, 0.1) is 16.6 Å². The van der Waals surface area contributed by atoms with E-state index in [1.54, 1.807) is 12.1 Å². The van der Waals surface area contributed by atoms with Crippen LogP contribution in [0.2, 0.25) is 0 Å². The van der Waals surface area contributed by atoms with Gasteiger partial charge in [0.25, 0.3) is 0 Å². The zero-order chi connectivity index (χ0) is 19.4. The average molecular weight is 568 g/mol. The van der Waals surface area contributed by atoms with E-state index in [9.17, 15) is 5.11 Å². The van der Waals surface area contributed by atoms with Gasteiger partial charge in [-0.25, -0.2) is 10.5 Å². The third-order valence-electron chi connectivity index (χ3n) is 5.57. The second-order valence-electron chi connectivity index (χ2n) is 7.32. The number of nitrogens with one attached hydrogen (secondary N) is 1. The number of aromatic nitrogens is 2. The Kier molecular flexibility index (Phi) is 4.56. The summed E-state index contributed by atoms with van der Waals surface area (Å²) in [4.78, 5) is 8.15. The molecular formula is C26H16N2OPt. The third-order valence-corrected chi connectivity index (χ3v) is 5.57. The monoisotopic (exact) mass is 567 g/mol. The van der Waals surface area contributed by atoms with Crippen LogP contribution in [0.3, 0.4) is 0 Å². The molecule has 30 heavy (non-hydrogen) atoms. The number of hydrogen-bond donors (Lipinski definition) is 2. The summed E-state index contributed by atoms with van der Waals surface area (Å²) in [5.41, 5.74) is 9.39. The summed E-state index contributed by atoms with van der Waals surface area (Å²) in [6.45, 7) is 0. The molecule has 1 aliphatic carbocycles. The van der Waals surface area contributed by atoms with Crippen LogP contribution in [0.4, 0.5) is 0 Å². The Hall–Kier alpha value is -3.16. The number of aromatic amines is 1. The molecule has 0 atom stereocenters. The molecular weight excluding hydrogens is 551 g/mol. The minimum atomic E-state index is 0. The zero-order valence-electron chi connectivity index (χ0n) is 15.8. The van der Waals surface area contributed by atoms with Crippen molar-refractivity contribution >= 4 is 11.0 Å². The van der Waals surface area contributed by atoms with E-state index in [2.05, 4.69) is 41.4 Å². The number of fused-ring (bicyclic) bond motifs is 4. The first-order chi connectivity index (χ1) is 14.3. The van der Waals surface area contributed by atoms with Crippen LogP contribution in [-0.4, -0.2) is 15.1 Å². The number of aromatic hydroxyl groups is 1. The molecule has 4 heteroatoms. The molecule has 146 valence electrons. The van der Waals surface area contributed by atoms with Gasteiger partial charge in [-0.2, -0.15) is 34.9 Å². The van der Waals surface area contributed by atoms with E-state index in [0.717, 1.165) is 39.7 Å². The van der Waals surface area contributed by atoms with Crippen LogP contribution in [-0.2, 0) is 27.5 Å². The standard InChI is InChI=1S/C26H16N2O.Pt/c29-24-11-4-3-8-21(24)26-27-23-10-5-9-20(25(23)28-26)18-13-12-17-14-16-6-1-2-7-19(16)22(17)15-18;/h1-6,8-13,29H,14H2,(H,27,28);/q-2;+2. The number of rotatable bonds is 2. The van der Waals surface area contributed by atoms with Crippen molar-refractivity contribution in [2.75, 3.05) is 0 Å². The predicted molar refractivity (Wildman–Crippen MR) is 115 cm³/mol. The fourth-order valence-corrected chi connectivity index (χ4v) is 4.16. The van der Waals surface area contributed by atoms with Gasteiger partial charge in [0.1, 0.15) is 11.6 Å². The van der Waals surface area contributed by atoms with Crippen molar-refractivity contribution < 1.29 is 26.2 Å². The van der Waals surface area contributed by atoms with E-state index in [-0.39, 0.29) is 26.8 Å². The first-order valence-corrected chi connectivity index (χ1v) is 9.60. The van der Waals surface area contributed by atoms with Gasteiger partial charge in [-0.3, -0.25) is 0 Å². The van der Waals surface area contributed by atoms with Gasteiger partial charge in [-0.05, 0) is 18.2 Å². The van der Waals surface area contributed by atoms with E-state index in [1.165, 1.54) is 11.1 Å². The minimum Gasteiger partial charge on any atom is -0.507 e. The van der Waals surface area contributed by atoms with Crippen LogP contribution in [0, 0.1) is 12.1 Å². The molecule has 0 saturated carbocycles. The number of H-pyrrole nitrogens is 1. The van der Waals surface area contributed by atoms with Crippen LogP contribution in [0.15, 0.2) is 72.8 Å². The molecule has 0 radical (unpaired) electrons. The molecule has 1 aromatic heterocycles. The molecule has 3 nitrogen and oxygen atoms in total. The van der Waals surface area contributed by atoms with Gasteiger partial charge >= 0.3 is 21.1 Å². The SMILES string of the molecule is Oc1ccccc1-c1nc2c(-c3[c-]c4c(cc3)Cc3ccc[c-]c3-4)cccc2[nH]1.[Pt+2]. The van der Waals surface area contributed by atoms with Crippen molar-refractivity contribution in [1.29, 1.82) is 0 Å². The average Bonchev–Trinajstić information content (AvgIpc) is 3.35. The van der Waals surface area contributed by atoms with Gasteiger partial charge in [-0.1, -0.05) is 36.2 Å². The largest absolute Gasteiger partial charge is 2.00 e. The third kappa shape index (κ3) is 2.89. The zero-order valence-corrected chi connectivity index (χ0v) is 18.1. The smallest absolute Gasteiger partial charge is 0.507 e. The summed E-state index contributed by atoms with van der Waals surface area (Å²) >= 11 is 0. The summed E-state index contributed by atoms with van der Waals surface area (Å²) in [5, 5.41) is 10.2. The molecule has 1 heterocycles. The van der Waals surface area contributed by atoms with Gasteiger partial charge in [0.2, 0.25) is 0 Å². The molecule has 6 rings (SSSR count). The van der Waals surface area contributed by atoms with Crippen molar-refractivity contribution in [1.82, 2.24) is 9.97 Å². The quantitative estimate of drug-likeness (QED) is 0.261. The summed E-state index contributed by atoms with van der Waals surface area (Å²) in [6.07, 6.45) is 0.933. The van der Waals surface area contributed by atoms with Crippen molar-refractivity contribution in [2.24, 2.45) is 0 Å². The van der Waals surface area contributed by atoms with Crippen LogP contribution in [0.25, 0.3) is 44.7 Å². The van der Waals surface area contributed by atoms with Crippen LogP contribution >= 0.6 is 0 Å². The Bertz CT molecular complexity index is 1400. The Morgan fingerprint density at radius 3 is 2.57 bits per heavy atom. The normalized spacial score (nSPS) is 11.7. The van der Waals surface area contributed by atoms with E-state index in [0.29, 0.717) is 11.4 Å². The minimum absolute atomic E-state index is 0. The number of phenols is 1. The number of nitrogens with zero attached hydrogens (tertiary/aromatic N) is 1. The van der Waals surface area contributed by atoms with E-state index in [1.807, 2.05) is 36.4 Å². The summed E-state index contributed by atoms with van der Waals surface area (Å²) in [7, 11) is 0. The van der Waals surface area contributed by atoms with Gasteiger partial charge < -0.3 is 10.1 Å². The molecule has 0 fully saturated rings.